The Balaban J connectivity index is 1.63. The average molecular weight is 402 g/mol. The number of alkyl halides is 2. The Morgan fingerprint density at radius 1 is 1.28 bits per heavy atom. The van der Waals surface area contributed by atoms with Crippen molar-refractivity contribution in [1.82, 2.24) is 14.4 Å². The molecular formula is C20H20F2N4O3. The Hall–Kier alpha value is -3.07. The monoisotopic (exact) mass is 402 g/mol. The molecule has 29 heavy (non-hydrogen) atoms. The molecular weight excluding hydrogens is 382 g/mol. The molecule has 0 atom stereocenters. The van der Waals surface area contributed by atoms with E-state index in [9.17, 15) is 13.6 Å². The molecule has 152 valence electrons. The second kappa shape index (κ2) is 8.12. The fourth-order valence-electron chi connectivity index (χ4n) is 2.95. The Kier molecular flexibility index (Phi) is 5.39. The molecule has 0 bridgehead atoms. The van der Waals surface area contributed by atoms with Gasteiger partial charge in [0, 0.05) is 31.5 Å². The second-order valence-electron chi connectivity index (χ2n) is 6.80. The van der Waals surface area contributed by atoms with Crippen molar-refractivity contribution in [1.29, 1.82) is 0 Å². The van der Waals surface area contributed by atoms with E-state index in [2.05, 4.69) is 15.3 Å². The average Bonchev–Trinajstić information content (AvgIpc) is 3.48. The van der Waals surface area contributed by atoms with Gasteiger partial charge >= 0.3 is 0 Å². The molecule has 0 unspecified atom stereocenters. The first-order valence-electron chi connectivity index (χ1n) is 9.26. The maximum Gasteiger partial charge on any atom is 0.280 e. The molecule has 0 saturated heterocycles. The van der Waals surface area contributed by atoms with Crippen LogP contribution >= 0.6 is 0 Å². The van der Waals surface area contributed by atoms with Crippen LogP contribution in [0.1, 0.15) is 47.1 Å². The summed E-state index contributed by atoms with van der Waals surface area (Å²) in [4.78, 5) is 21.0. The third kappa shape index (κ3) is 4.34. The summed E-state index contributed by atoms with van der Waals surface area (Å²) in [5, 5.41) is 2.71. The van der Waals surface area contributed by atoms with Crippen molar-refractivity contribution in [2.75, 3.05) is 25.6 Å². The van der Waals surface area contributed by atoms with Crippen molar-refractivity contribution in [2.24, 2.45) is 0 Å². The van der Waals surface area contributed by atoms with Crippen LogP contribution in [0.3, 0.4) is 0 Å². The molecule has 0 aromatic carbocycles. The number of fused-ring (bicyclic) bond motifs is 1. The van der Waals surface area contributed by atoms with Crippen LogP contribution in [-0.4, -0.2) is 40.6 Å². The first-order chi connectivity index (χ1) is 14.0. The highest BCUT2D eigenvalue weighted by molar-refractivity contribution is 6.03. The number of methoxy groups -OCH3 is 1. The van der Waals surface area contributed by atoms with Crippen LogP contribution in [0.5, 0.6) is 5.75 Å². The highest BCUT2D eigenvalue weighted by Crippen LogP contribution is 2.40. The molecule has 1 amide bonds. The lowest BCUT2D eigenvalue weighted by atomic mass is 10.2. The number of imidazole rings is 1. The first kappa shape index (κ1) is 19.3. The molecule has 3 heterocycles. The van der Waals surface area contributed by atoms with Crippen LogP contribution < -0.4 is 10.1 Å². The third-order valence-electron chi connectivity index (χ3n) is 4.59. The van der Waals surface area contributed by atoms with E-state index in [0.29, 0.717) is 29.6 Å². The molecule has 0 aliphatic heterocycles. The number of hydrogen-bond acceptors (Lipinski definition) is 5. The predicted molar refractivity (Wildman–Crippen MR) is 102 cm³/mol. The van der Waals surface area contributed by atoms with E-state index in [1.165, 1.54) is 18.2 Å². The number of amides is 1. The van der Waals surface area contributed by atoms with Crippen LogP contribution in [0.2, 0.25) is 0 Å². The topological polar surface area (TPSA) is 77.8 Å². The maximum absolute atomic E-state index is 12.9. The van der Waals surface area contributed by atoms with E-state index < -0.39 is 18.0 Å². The molecule has 1 aliphatic rings. The minimum atomic E-state index is -2.75. The Morgan fingerprint density at radius 3 is 2.83 bits per heavy atom. The summed E-state index contributed by atoms with van der Waals surface area (Å²) in [6.45, 7) is 0.656. The van der Waals surface area contributed by atoms with Gasteiger partial charge in [-0.05, 0) is 25.0 Å². The predicted octanol–water partition coefficient (Wildman–Crippen LogP) is 3.82. The molecule has 0 radical (unpaired) electrons. The Bertz CT molecular complexity index is 1030. The first-order valence-corrected chi connectivity index (χ1v) is 9.26. The highest BCUT2D eigenvalue weighted by atomic mass is 19.3. The van der Waals surface area contributed by atoms with Gasteiger partial charge in [0.25, 0.3) is 12.3 Å². The minimum absolute atomic E-state index is 0.102. The van der Waals surface area contributed by atoms with Gasteiger partial charge in [0.15, 0.2) is 0 Å². The van der Waals surface area contributed by atoms with Crippen molar-refractivity contribution in [3.63, 3.8) is 0 Å². The van der Waals surface area contributed by atoms with Gasteiger partial charge in [-0.2, -0.15) is 0 Å². The fraction of sp³-hybridized carbons (Fsp3) is 0.350. The van der Waals surface area contributed by atoms with E-state index in [-0.39, 0.29) is 12.3 Å². The molecule has 9 heteroatoms. The fourth-order valence-corrected chi connectivity index (χ4v) is 2.95. The number of hydrogen-bond donors (Lipinski definition) is 1. The number of nitrogens with zero attached hydrogens (tertiary/aromatic N) is 3. The number of nitrogens with one attached hydrogen (secondary N) is 1. The summed E-state index contributed by atoms with van der Waals surface area (Å²) in [7, 11) is 1.56. The van der Waals surface area contributed by atoms with Crippen molar-refractivity contribution < 1.29 is 23.0 Å². The summed E-state index contributed by atoms with van der Waals surface area (Å²) in [5.41, 5.74) is 1.55. The van der Waals surface area contributed by atoms with E-state index in [4.69, 9.17) is 9.47 Å². The Morgan fingerprint density at radius 2 is 2.10 bits per heavy atom. The molecule has 3 aromatic rings. The van der Waals surface area contributed by atoms with E-state index in [1.807, 2.05) is 10.6 Å². The summed E-state index contributed by atoms with van der Waals surface area (Å²) < 4.78 is 38.3. The van der Waals surface area contributed by atoms with Gasteiger partial charge in [0.1, 0.15) is 35.1 Å². The van der Waals surface area contributed by atoms with Gasteiger partial charge < -0.3 is 19.2 Å². The second-order valence-corrected chi connectivity index (χ2v) is 6.80. The van der Waals surface area contributed by atoms with Gasteiger partial charge in [0.2, 0.25) is 0 Å². The SMILES string of the molecule is COCCOc1cc2nc(C3CC3)cn2cc1NC(=O)c1cccc(C(F)F)n1. The van der Waals surface area contributed by atoms with E-state index >= 15 is 0 Å². The van der Waals surface area contributed by atoms with E-state index in [0.717, 1.165) is 18.5 Å². The van der Waals surface area contributed by atoms with Crippen LogP contribution in [-0.2, 0) is 4.74 Å². The highest BCUT2D eigenvalue weighted by Gasteiger charge is 2.26. The third-order valence-corrected chi connectivity index (χ3v) is 4.59. The van der Waals surface area contributed by atoms with Crippen LogP contribution in [0.4, 0.5) is 14.5 Å². The smallest absolute Gasteiger partial charge is 0.280 e. The number of pyridine rings is 2. The van der Waals surface area contributed by atoms with Crippen LogP contribution in [0, 0.1) is 0 Å². The van der Waals surface area contributed by atoms with Gasteiger partial charge in [-0.15, -0.1) is 0 Å². The number of rotatable bonds is 8. The number of carbonyl (C=O) groups is 1. The van der Waals surface area contributed by atoms with E-state index in [1.54, 1.807) is 19.4 Å². The molecule has 3 aromatic heterocycles. The van der Waals surface area contributed by atoms with Gasteiger partial charge in [0.05, 0.1) is 12.3 Å². The molecule has 1 N–H and O–H groups in total. The molecule has 1 aliphatic carbocycles. The standard InChI is InChI=1S/C20H20F2N4O3/c1-28-7-8-29-17-9-18-24-15(12-5-6-12)10-26(18)11-16(17)25-20(27)14-4-2-3-13(23-14)19(21)22/h2-4,9-12,19H,5-8H2,1H3,(H,25,27). The molecule has 1 saturated carbocycles. The summed E-state index contributed by atoms with van der Waals surface area (Å²) in [6, 6.07) is 5.67. The number of ether oxygens (including phenoxy) is 2. The number of anilines is 1. The van der Waals surface area contributed by atoms with Crippen molar-refractivity contribution in [3.8, 4) is 5.75 Å². The number of halogens is 2. The zero-order valence-electron chi connectivity index (χ0n) is 15.8. The van der Waals surface area contributed by atoms with Crippen molar-refractivity contribution in [2.45, 2.75) is 25.2 Å². The summed E-state index contributed by atoms with van der Waals surface area (Å²) >= 11 is 0. The lowest BCUT2D eigenvalue weighted by Crippen LogP contribution is -2.16. The van der Waals surface area contributed by atoms with Crippen LogP contribution in [0.25, 0.3) is 5.65 Å². The molecule has 4 rings (SSSR count). The van der Waals surface area contributed by atoms with Gasteiger partial charge in [-0.3, -0.25) is 4.79 Å². The van der Waals surface area contributed by atoms with Gasteiger partial charge in [-0.1, -0.05) is 6.07 Å². The Labute approximate surface area is 165 Å². The maximum atomic E-state index is 12.9. The largest absolute Gasteiger partial charge is 0.489 e. The zero-order chi connectivity index (χ0) is 20.4. The summed E-state index contributed by atoms with van der Waals surface area (Å²) in [5.74, 6) is 0.291. The van der Waals surface area contributed by atoms with Crippen molar-refractivity contribution in [3.05, 3.63) is 53.7 Å². The quantitative estimate of drug-likeness (QED) is 0.580. The van der Waals surface area contributed by atoms with Crippen LogP contribution in [0.15, 0.2) is 36.7 Å². The zero-order valence-corrected chi connectivity index (χ0v) is 15.8. The van der Waals surface area contributed by atoms with Gasteiger partial charge in [-0.25, -0.2) is 18.7 Å². The molecule has 1 fully saturated rings. The number of aromatic nitrogens is 3. The lowest BCUT2D eigenvalue weighted by molar-refractivity contribution is 0.101. The summed E-state index contributed by atoms with van der Waals surface area (Å²) in [6.07, 6.45) is 3.12. The lowest BCUT2D eigenvalue weighted by Gasteiger charge is -2.13. The van der Waals surface area contributed by atoms with Crippen molar-refractivity contribution >= 4 is 17.2 Å². The minimum Gasteiger partial charge on any atom is -0.489 e. The molecule has 0 spiro atoms. The number of carbonyl (C=O) groups excluding carboxylic acids is 1. The normalized spacial score (nSPS) is 13.8. The molecule has 7 nitrogen and oxygen atoms in total.